The minimum absolute atomic E-state index is 0.0508. The van der Waals surface area contributed by atoms with Crippen molar-refractivity contribution in [2.24, 2.45) is 0 Å². The van der Waals surface area contributed by atoms with E-state index in [0.29, 0.717) is 40.2 Å². The van der Waals surface area contributed by atoms with Crippen LogP contribution in [0.25, 0.3) is 22.3 Å². The molecular weight excluding hydrogens is 400 g/mol. The van der Waals surface area contributed by atoms with Crippen LogP contribution in [0.2, 0.25) is 0 Å². The summed E-state index contributed by atoms with van der Waals surface area (Å²) in [6.45, 7) is 0. The molecule has 5 rings (SSSR count). The van der Waals surface area contributed by atoms with E-state index in [1.807, 2.05) is 72.8 Å². The molecule has 4 heteroatoms. The van der Waals surface area contributed by atoms with E-state index < -0.39 is 0 Å². The molecule has 0 saturated carbocycles. The smallest absolute Gasteiger partial charge is 0.196 e. The van der Waals surface area contributed by atoms with Crippen LogP contribution in [-0.2, 0) is 6.42 Å². The molecule has 0 saturated heterocycles. The predicted molar refractivity (Wildman–Crippen MR) is 125 cm³/mol. The highest BCUT2D eigenvalue weighted by Gasteiger charge is 2.18. The third-order valence-corrected chi connectivity index (χ3v) is 5.33. The number of hydrogen-bond donors (Lipinski definition) is 1. The summed E-state index contributed by atoms with van der Waals surface area (Å²) in [4.78, 5) is 13.5. The van der Waals surface area contributed by atoms with Gasteiger partial charge in [0.2, 0.25) is 0 Å². The number of rotatable bonds is 5. The van der Waals surface area contributed by atoms with Crippen molar-refractivity contribution in [3.8, 4) is 28.6 Å². The van der Waals surface area contributed by atoms with E-state index in [1.54, 1.807) is 30.3 Å². The third kappa shape index (κ3) is 3.86. The number of hydrogen-bond acceptors (Lipinski definition) is 4. The lowest BCUT2D eigenvalue weighted by Gasteiger charge is -2.14. The molecule has 0 aliphatic heterocycles. The van der Waals surface area contributed by atoms with Crippen molar-refractivity contribution in [3.05, 3.63) is 124 Å². The molecule has 0 fully saturated rings. The highest BCUT2D eigenvalue weighted by Crippen LogP contribution is 2.32. The van der Waals surface area contributed by atoms with E-state index in [1.165, 1.54) is 0 Å². The molecule has 4 aromatic carbocycles. The summed E-state index contributed by atoms with van der Waals surface area (Å²) in [5.74, 6) is 1.98. The first-order valence-electron chi connectivity index (χ1n) is 10.3. The van der Waals surface area contributed by atoms with Crippen LogP contribution in [0.5, 0.6) is 17.2 Å². The molecule has 32 heavy (non-hydrogen) atoms. The quantitative estimate of drug-likeness (QED) is 0.350. The zero-order valence-corrected chi connectivity index (χ0v) is 17.2. The molecule has 0 radical (unpaired) electrons. The van der Waals surface area contributed by atoms with Crippen molar-refractivity contribution < 1.29 is 14.3 Å². The van der Waals surface area contributed by atoms with Crippen molar-refractivity contribution in [1.29, 1.82) is 0 Å². The largest absolute Gasteiger partial charge is 0.508 e. The maximum atomic E-state index is 13.5. The second kappa shape index (κ2) is 8.44. The van der Waals surface area contributed by atoms with Gasteiger partial charge in [0.25, 0.3) is 0 Å². The van der Waals surface area contributed by atoms with Crippen LogP contribution >= 0.6 is 0 Å². The van der Waals surface area contributed by atoms with E-state index in [0.717, 1.165) is 11.1 Å². The van der Waals surface area contributed by atoms with E-state index in [4.69, 9.17) is 9.15 Å². The summed E-state index contributed by atoms with van der Waals surface area (Å²) in [7, 11) is 0. The molecule has 0 atom stereocenters. The summed E-state index contributed by atoms with van der Waals surface area (Å²) in [5, 5.41) is 10.1. The van der Waals surface area contributed by atoms with Crippen LogP contribution in [0.15, 0.2) is 112 Å². The summed E-state index contributed by atoms with van der Waals surface area (Å²) in [5.41, 5.74) is 2.80. The Morgan fingerprint density at radius 2 is 1.44 bits per heavy atom. The number of phenolic OH excluding ortho intramolecular Hbond substituents is 1. The summed E-state index contributed by atoms with van der Waals surface area (Å²) >= 11 is 0. The van der Waals surface area contributed by atoms with Gasteiger partial charge in [0.1, 0.15) is 28.6 Å². The maximum absolute atomic E-state index is 13.5. The fourth-order valence-corrected chi connectivity index (χ4v) is 3.74. The van der Waals surface area contributed by atoms with Crippen LogP contribution in [0, 0.1) is 0 Å². The van der Waals surface area contributed by atoms with Crippen LogP contribution in [0.1, 0.15) is 11.1 Å². The summed E-state index contributed by atoms with van der Waals surface area (Å²) in [6, 6.07) is 31.1. The second-order valence-electron chi connectivity index (χ2n) is 7.48. The van der Waals surface area contributed by atoms with Gasteiger partial charge in [0.05, 0.1) is 5.39 Å². The number of fused-ring (bicyclic) bond motifs is 1. The van der Waals surface area contributed by atoms with E-state index in [9.17, 15) is 9.90 Å². The summed E-state index contributed by atoms with van der Waals surface area (Å²) in [6.07, 6.45) is 0.353. The first-order chi connectivity index (χ1) is 15.7. The molecule has 1 heterocycles. The first-order valence-corrected chi connectivity index (χ1v) is 10.3. The Morgan fingerprint density at radius 3 is 2.25 bits per heavy atom. The van der Waals surface area contributed by atoms with Gasteiger partial charge in [-0.2, -0.15) is 0 Å². The van der Waals surface area contributed by atoms with Crippen LogP contribution in [0.3, 0.4) is 0 Å². The molecule has 1 N–H and O–H groups in total. The van der Waals surface area contributed by atoms with Gasteiger partial charge < -0.3 is 14.3 Å². The Hall–Kier alpha value is -4.31. The van der Waals surface area contributed by atoms with Crippen molar-refractivity contribution >= 4 is 11.0 Å². The van der Waals surface area contributed by atoms with Crippen LogP contribution in [-0.4, -0.2) is 5.11 Å². The minimum Gasteiger partial charge on any atom is -0.508 e. The number of aromatic hydroxyl groups is 1. The van der Waals surface area contributed by atoms with Crippen LogP contribution < -0.4 is 10.2 Å². The lowest BCUT2D eigenvalue weighted by molar-refractivity contribution is 0.462. The Bertz CT molecular complexity index is 1430. The second-order valence-corrected chi connectivity index (χ2v) is 7.48. The molecule has 0 aliphatic carbocycles. The fraction of sp³-hybridized carbons (Fsp3) is 0.0357. The molecule has 0 bridgehead atoms. The predicted octanol–water partition coefficient (Wildman–Crippen LogP) is 6.55. The molecule has 5 aromatic rings. The van der Waals surface area contributed by atoms with Gasteiger partial charge >= 0.3 is 0 Å². The highest BCUT2D eigenvalue weighted by atomic mass is 16.5. The molecule has 1 aromatic heterocycles. The highest BCUT2D eigenvalue weighted by molar-refractivity contribution is 5.80. The van der Waals surface area contributed by atoms with E-state index >= 15 is 0 Å². The topological polar surface area (TPSA) is 59.7 Å². The Kier molecular flexibility index (Phi) is 5.18. The van der Waals surface area contributed by atoms with Gasteiger partial charge in [-0.05, 0) is 48.0 Å². The Morgan fingerprint density at radius 1 is 0.750 bits per heavy atom. The molecule has 156 valence electrons. The van der Waals surface area contributed by atoms with Crippen molar-refractivity contribution in [2.45, 2.75) is 6.42 Å². The van der Waals surface area contributed by atoms with Crippen molar-refractivity contribution in [2.75, 3.05) is 0 Å². The molecule has 4 nitrogen and oxygen atoms in total. The van der Waals surface area contributed by atoms with Gasteiger partial charge in [0.15, 0.2) is 5.43 Å². The molecular formula is C28H20O4. The fourth-order valence-electron chi connectivity index (χ4n) is 3.74. The minimum atomic E-state index is -0.0508. The van der Waals surface area contributed by atoms with Gasteiger partial charge in [-0.1, -0.05) is 60.7 Å². The molecule has 0 unspecified atom stereocenters. The lowest BCUT2D eigenvalue weighted by atomic mass is 9.98. The number of ether oxygens (including phenoxy) is 1. The third-order valence-electron chi connectivity index (χ3n) is 5.33. The van der Waals surface area contributed by atoms with E-state index in [-0.39, 0.29) is 11.2 Å². The maximum Gasteiger partial charge on any atom is 0.196 e. The van der Waals surface area contributed by atoms with Crippen molar-refractivity contribution in [1.82, 2.24) is 0 Å². The Labute approximate surface area is 185 Å². The normalized spacial score (nSPS) is 10.9. The molecule has 0 spiro atoms. The Balaban J connectivity index is 1.62. The van der Waals surface area contributed by atoms with Gasteiger partial charge in [-0.15, -0.1) is 0 Å². The standard InChI is InChI=1S/C28H20O4/c29-21-14-16-22(17-15-21)31-25-12-6-4-10-20(25)18-24-27(30)23-11-5-7-13-26(23)32-28(24)19-8-2-1-3-9-19/h1-17,29H,18H2. The van der Waals surface area contributed by atoms with Gasteiger partial charge in [-0.3, -0.25) is 4.79 Å². The van der Waals surface area contributed by atoms with Crippen LogP contribution in [0.4, 0.5) is 0 Å². The number of benzene rings is 4. The van der Waals surface area contributed by atoms with E-state index in [2.05, 4.69) is 0 Å². The van der Waals surface area contributed by atoms with Gasteiger partial charge in [0, 0.05) is 17.5 Å². The lowest BCUT2D eigenvalue weighted by Crippen LogP contribution is -2.12. The van der Waals surface area contributed by atoms with Gasteiger partial charge in [-0.25, -0.2) is 0 Å². The summed E-state index contributed by atoms with van der Waals surface area (Å²) < 4.78 is 12.3. The first kappa shape index (κ1) is 19.6. The molecule has 0 amide bonds. The average Bonchev–Trinajstić information content (AvgIpc) is 2.84. The zero-order valence-electron chi connectivity index (χ0n) is 17.2. The average molecular weight is 420 g/mol. The number of phenols is 1. The number of para-hydroxylation sites is 2. The molecule has 0 aliphatic rings. The SMILES string of the molecule is O=c1c(Cc2ccccc2Oc2ccc(O)cc2)c(-c2ccccc2)oc2ccccc12. The zero-order chi connectivity index (χ0) is 21.9. The monoisotopic (exact) mass is 420 g/mol. The van der Waals surface area contributed by atoms with Crippen molar-refractivity contribution in [3.63, 3.8) is 0 Å².